The molecule has 63 heavy (non-hydrogen) atoms. The Morgan fingerprint density at radius 1 is 0.333 bits per heavy atom. The minimum atomic E-state index is -0.533. The van der Waals surface area contributed by atoms with Crippen LogP contribution in [0.5, 0.6) is 0 Å². The lowest BCUT2D eigenvalue weighted by atomic mass is 9.70. The van der Waals surface area contributed by atoms with Gasteiger partial charge in [0.05, 0.1) is 5.41 Å². The van der Waals surface area contributed by atoms with E-state index in [9.17, 15) is 0 Å². The fraction of sp³-hybridized carbons (Fsp3) is 0.115. The number of rotatable bonds is 3. The molecule has 1 unspecified atom stereocenters. The number of hydrogen-bond acceptors (Lipinski definition) is 2. The molecular formula is C61H43NO. The summed E-state index contributed by atoms with van der Waals surface area (Å²) < 4.78 is 6.56. The van der Waals surface area contributed by atoms with Crippen LogP contribution in [0.15, 0.2) is 192 Å². The summed E-state index contributed by atoms with van der Waals surface area (Å²) in [5.41, 5.74) is 25.7. The zero-order chi connectivity index (χ0) is 42.0. The van der Waals surface area contributed by atoms with Gasteiger partial charge in [0.1, 0.15) is 11.2 Å². The minimum absolute atomic E-state index is 0.140. The lowest BCUT2D eigenvalue weighted by Crippen LogP contribution is -2.26. The molecule has 0 radical (unpaired) electrons. The molecule has 0 aliphatic heterocycles. The molecule has 4 aliphatic rings. The first-order chi connectivity index (χ1) is 30.8. The van der Waals surface area contributed by atoms with Crippen molar-refractivity contribution >= 4 is 39.0 Å². The molecule has 0 amide bonds. The third-order valence-electron chi connectivity index (χ3n) is 15.5. The fourth-order valence-electron chi connectivity index (χ4n) is 12.7. The number of hydrogen-bond donors (Lipinski definition) is 0. The van der Waals surface area contributed by atoms with Gasteiger partial charge in [-0.25, -0.2) is 0 Å². The first-order valence-corrected chi connectivity index (χ1v) is 22.3. The van der Waals surface area contributed by atoms with Crippen molar-refractivity contribution in [2.24, 2.45) is 0 Å². The van der Waals surface area contributed by atoms with Crippen molar-refractivity contribution in [2.75, 3.05) is 4.90 Å². The monoisotopic (exact) mass is 805 g/mol. The molecular weight excluding hydrogens is 763 g/mol. The summed E-state index contributed by atoms with van der Waals surface area (Å²) in [4.78, 5) is 2.53. The van der Waals surface area contributed by atoms with Gasteiger partial charge in [0.2, 0.25) is 0 Å². The van der Waals surface area contributed by atoms with Crippen molar-refractivity contribution in [1.29, 1.82) is 0 Å². The van der Waals surface area contributed by atoms with Crippen molar-refractivity contribution in [3.8, 4) is 44.5 Å². The van der Waals surface area contributed by atoms with Gasteiger partial charge in [-0.05, 0) is 138 Å². The maximum atomic E-state index is 6.56. The second-order valence-electron chi connectivity index (χ2n) is 19.2. The first kappa shape index (κ1) is 35.2. The van der Waals surface area contributed by atoms with E-state index in [4.69, 9.17) is 4.42 Å². The molecule has 1 atom stereocenters. The van der Waals surface area contributed by atoms with Crippen LogP contribution in [0.25, 0.3) is 66.4 Å². The number of anilines is 3. The highest BCUT2D eigenvalue weighted by Gasteiger charge is 2.52. The lowest BCUT2D eigenvalue weighted by molar-refractivity contribution is 0.660. The molecule has 10 aromatic rings. The number of furan rings is 1. The van der Waals surface area contributed by atoms with Gasteiger partial charge >= 0.3 is 0 Å². The standard InChI is InChI=1S/C61H43NO/c1-59(2)47-20-10-5-15-39(47)42-28-25-36(33-52(42)59)62(37-26-29-43-40-16-6-11-21-48(40)60(3,4)53(43)34-37)38-27-30-44-41-17-7-12-22-49(41)61(54(44)35-38)50-23-13-8-18-45(50)57-51(61)31-32-56-58(57)46-19-9-14-24-55(46)63-56/h5-35H,1-4H3. The summed E-state index contributed by atoms with van der Waals surface area (Å²) in [6.07, 6.45) is 0. The van der Waals surface area contributed by atoms with Crippen molar-refractivity contribution in [2.45, 2.75) is 43.9 Å². The topological polar surface area (TPSA) is 16.4 Å². The third kappa shape index (κ3) is 4.29. The van der Waals surface area contributed by atoms with Crippen LogP contribution in [-0.4, -0.2) is 0 Å². The Hall–Kier alpha value is -7.42. The zero-order valence-electron chi connectivity index (χ0n) is 35.8. The summed E-state index contributed by atoms with van der Waals surface area (Å²) in [5, 5.41) is 2.35. The van der Waals surface area contributed by atoms with E-state index >= 15 is 0 Å². The molecule has 1 aromatic heterocycles. The van der Waals surface area contributed by atoms with Crippen LogP contribution in [0.2, 0.25) is 0 Å². The Kier molecular flexibility index (Phi) is 6.67. The van der Waals surface area contributed by atoms with E-state index in [1.165, 1.54) is 94.4 Å². The number of fused-ring (bicyclic) bond motifs is 20. The van der Waals surface area contributed by atoms with E-state index in [1.54, 1.807) is 0 Å². The van der Waals surface area contributed by atoms with Crippen LogP contribution < -0.4 is 4.90 Å². The van der Waals surface area contributed by atoms with Crippen LogP contribution >= 0.6 is 0 Å². The van der Waals surface area contributed by atoms with E-state index in [0.717, 1.165) is 33.6 Å². The SMILES string of the molecule is CC1(C)c2ccccc2-c2ccc(N(c3ccc4c(c3)C(C)(C)c3ccccc3-4)c3ccc4c(c3)C3(c5ccccc5-4)c4ccccc4-c4c3ccc3oc5ccccc5c43)cc21. The van der Waals surface area contributed by atoms with Crippen LogP contribution in [0.1, 0.15) is 72.2 Å². The lowest BCUT2D eigenvalue weighted by Gasteiger charge is -2.33. The van der Waals surface area contributed by atoms with Crippen molar-refractivity contribution in [3.63, 3.8) is 0 Å². The molecule has 2 heteroatoms. The molecule has 0 fully saturated rings. The fourth-order valence-corrected chi connectivity index (χ4v) is 12.7. The van der Waals surface area contributed by atoms with E-state index in [2.05, 4.69) is 221 Å². The Balaban J connectivity index is 1.05. The largest absolute Gasteiger partial charge is 0.456 e. The van der Waals surface area contributed by atoms with Gasteiger partial charge in [-0.2, -0.15) is 0 Å². The van der Waals surface area contributed by atoms with Crippen molar-refractivity contribution < 1.29 is 4.42 Å². The van der Waals surface area contributed by atoms with Crippen LogP contribution in [0.4, 0.5) is 17.1 Å². The van der Waals surface area contributed by atoms with Crippen molar-refractivity contribution in [3.05, 3.63) is 233 Å². The molecule has 0 N–H and O–H groups in total. The van der Waals surface area contributed by atoms with Crippen LogP contribution in [-0.2, 0) is 16.2 Å². The van der Waals surface area contributed by atoms with Gasteiger partial charge in [-0.1, -0.05) is 167 Å². The first-order valence-electron chi connectivity index (χ1n) is 22.3. The molecule has 298 valence electrons. The van der Waals surface area contributed by atoms with Gasteiger partial charge in [0.15, 0.2) is 0 Å². The van der Waals surface area contributed by atoms with Gasteiger partial charge in [0, 0.05) is 38.7 Å². The predicted octanol–water partition coefficient (Wildman–Crippen LogP) is 16.0. The van der Waals surface area contributed by atoms with Gasteiger partial charge in [-0.3, -0.25) is 0 Å². The van der Waals surface area contributed by atoms with Gasteiger partial charge in [0.25, 0.3) is 0 Å². The number of para-hydroxylation sites is 1. The summed E-state index contributed by atoms with van der Waals surface area (Å²) in [6.45, 7) is 9.53. The number of nitrogens with zero attached hydrogens (tertiary/aromatic N) is 1. The highest BCUT2D eigenvalue weighted by atomic mass is 16.3. The van der Waals surface area contributed by atoms with Crippen LogP contribution in [0, 0.1) is 0 Å². The maximum Gasteiger partial charge on any atom is 0.136 e. The van der Waals surface area contributed by atoms with E-state index < -0.39 is 5.41 Å². The Morgan fingerprint density at radius 2 is 0.762 bits per heavy atom. The smallest absolute Gasteiger partial charge is 0.136 e. The average molecular weight is 806 g/mol. The molecule has 1 spiro atoms. The predicted molar refractivity (Wildman–Crippen MR) is 260 cm³/mol. The molecule has 2 nitrogen and oxygen atoms in total. The summed E-state index contributed by atoms with van der Waals surface area (Å²) in [6, 6.07) is 70.9. The van der Waals surface area contributed by atoms with E-state index in [0.29, 0.717) is 0 Å². The normalized spacial score (nSPS) is 17.2. The molecule has 0 bridgehead atoms. The second-order valence-corrected chi connectivity index (χ2v) is 19.2. The molecule has 14 rings (SSSR count). The maximum absolute atomic E-state index is 6.56. The van der Waals surface area contributed by atoms with E-state index in [-0.39, 0.29) is 10.8 Å². The van der Waals surface area contributed by atoms with Crippen molar-refractivity contribution in [1.82, 2.24) is 0 Å². The minimum Gasteiger partial charge on any atom is -0.456 e. The molecule has 4 aliphatic carbocycles. The van der Waals surface area contributed by atoms with Gasteiger partial charge < -0.3 is 9.32 Å². The quantitative estimate of drug-likeness (QED) is 0.177. The Bertz CT molecular complexity index is 3550. The second kappa shape index (κ2) is 11.9. The average Bonchev–Trinajstić information content (AvgIpc) is 4.05. The zero-order valence-corrected chi connectivity index (χ0v) is 35.8. The molecule has 1 heterocycles. The number of benzene rings is 9. The molecule has 0 saturated heterocycles. The summed E-state index contributed by atoms with van der Waals surface area (Å²) in [7, 11) is 0. The van der Waals surface area contributed by atoms with Gasteiger partial charge in [-0.15, -0.1) is 0 Å². The third-order valence-corrected chi connectivity index (χ3v) is 15.5. The van der Waals surface area contributed by atoms with E-state index in [1.807, 2.05) is 0 Å². The highest BCUT2D eigenvalue weighted by Crippen LogP contribution is 2.65. The van der Waals surface area contributed by atoms with Crippen LogP contribution in [0.3, 0.4) is 0 Å². The Morgan fingerprint density at radius 3 is 1.35 bits per heavy atom. The summed E-state index contributed by atoms with van der Waals surface area (Å²) in [5.74, 6) is 0. The molecule has 9 aromatic carbocycles. The summed E-state index contributed by atoms with van der Waals surface area (Å²) >= 11 is 0. The highest BCUT2D eigenvalue weighted by molar-refractivity contribution is 6.16. The molecule has 0 saturated carbocycles. The Labute approximate surface area is 367 Å².